The second-order valence-corrected chi connectivity index (χ2v) is 8.48. The van der Waals surface area contributed by atoms with Gasteiger partial charge in [-0.25, -0.2) is 13.2 Å². The van der Waals surface area contributed by atoms with Crippen LogP contribution in [-0.4, -0.2) is 44.4 Å². The van der Waals surface area contributed by atoms with E-state index in [1.165, 1.54) is 25.3 Å². The zero-order valence-corrected chi connectivity index (χ0v) is 15.8. The van der Waals surface area contributed by atoms with Crippen LogP contribution in [0.25, 0.3) is 0 Å². The van der Waals surface area contributed by atoms with Gasteiger partial charge in [0.1, 0.15) is 0 Å². The lowest BCUT2D eigenvalue weighted by atomic mass is 9.93. The van der Waals surface area contributed by atoms with E-state index in [1.807, 2.05) is 0 Å². The minimum Gasteiger partial charge on any atom is -0.481 e. The first-order valence-electron chi connectivity index (χ1n) is 7.62. The third-order valence-corrected chi connectivity index (χ3v) is 6.46. The smallest absolute Gasteiger partial charge is 0.337 e. The number of carbonyl (C=O) groups is 2. The highest BCUT2D eigenvalue weighted by molar-refractivity contribution is 7.92. The van der Waals surface area contributed by atoms with E-state index in [0.29, 0.717) is 18.5 Å². The SMILES string of the molecule is COC(=O)c1ccc(S(=O)(=O)C(C)C)c(C2NCCC2C(=O)O)c1.Cl. The molecule has 2 atom stereocenters. The number of sulfone groups is 1. The molecular formula is C16H22ClNO6S. The summed E-state index contributed by atoms with van der Waals surface area (Å²) in [5, 5.41) is 11.8. The van der Waals surface area contributed by atoms with Gasteiger partial charge in [-0.2, -0.15) is 0 Å². The molecule has 1 fully saturated rings. The lowest BCUT2D eigenvalue weighted by Crippen LogP contribution is -2.27. The van der Waals surface area contributed by atoms with Crippen LogP contribution in [0.1, 0.15) is 42.2 Å². The summed E-state index contributed by atoms with van der Waals surface area (Å²) in [6, 6.07) is 3.49. The van der Waals surface area contributed by atoms with Gasteiger partial charge < -0.3 is 15.2 Å². The second-order valence-electron chi connectivity index (χ2n) is 6.00. The predicted molar refractivity (Wildman–Crippen MR) is 93.8 cm³/mol. The van der Waals surface area contributed by atoms with E-state index in [1.54, 1.807) is 13.8 Å². The first-order chi connectivity index (χ1) is 11.2. The summed E-state index contributed by atoms with van der Waals surface area (Å²) >= 11 is 0. The number of aliphatic carboxylic acids is 1. The number of hydrogen-bond donors (Lipinski definition) is 2. The molecule has 0 aliphatic carbocycles. The normalized spacial score (nSPS) is 20.2. The van der Waals surface area contributed by atoms with E-state index in [9.17, 15) is 23.1 Å². The molecule has 2 rings (SSSR count). The summed E-state index contributed by atoms with van der Waals surface area (Å²) in [5.41, 5.74) is 0.490. The van der Waals surface area contributed by atoms with Crippen molar-refractivity contribution < 1.29 is 27.9 Å². The monoisotopic (exact) mass is 391 g/mol. The van der Waals surface area contributed by atoms with Gasteiger partial charge in [0.05, 0.1) is 28.7 Å². The van der Waals surface area contributed by atoms with Crippen molar-refractivity contribution in [3.63, 3.8) is 0 Å². The maximum atomic E-state index is 12.6. The Kier molecular flexibility index (Phi) is 6.99. The molecular weight excluding hydrogens is 370 g/mol. The summed E-state index contributed by atoms with van der Waals surface area (Å²) in [5.74, 6) is -2.35. The van der Waals surface area contributed by atoms with Crippen LogP contribution < -0.4 is 5.32 Å². The summed E-state index contributed by atoms with van der Waals surface area (Å²) < 4.78 is 30.0. The fourth-order valence-electron chi connectivity index (χ4n) is 2.85. The van der Waals surface area contributed by atoms with Crippen LogP contribution in [0.3, 0.4) is 0 Å². The summed E-state index contributed by atoms with van der Waals surface area (Å²) in [7, 11) is -2.40. The zero-order chi connectivity index (χ0) is 18.1. The van der Waals surface area contributed by atoms with Gasteiger partial charge in [0, 0.05) is 6.04 Å². The van der Waals surface area contributed by atoms with Crippen molar-refractivity contribution in [2.24, 2.45) is 5.92 Å². The van der Waals surface area contributed by atoms with Gasteiger partial charge in [0.25, 0.3) is 0 Å². The number of esters is 1. The molecule has 1 saturated heterocycles. The van der Waals surface area contributed by atoms with Crippen LogP contribution in [0.15, 0.2) is 23.1 Å². The fourth-order valence-corrected chi connectivity index (χ4v) is 4.13. The Bertz CT molecular complexity index is 762. The Balaban J connectivity index is 0.00000312. The molecule has 25 heavy (non-hydrogen) atoms. The molecule has 0 bridgehead atoms. The molecule has 1 heterocycles. The van der Waals surface area contributed by atoms with Crippen molar-refractivity contribution in [1.29, 1.82) is 0 Å². The average molecular weight is 392 g/mol. The standard InChI is InChI=1S/C16H21NO6S.ClH/c1-9(2)24(21,22)13-5-4-10(16(20)23-3)8-12(13)14-11(15(18)19)6-7-17-14;/h4-5,8-9,11,14,17H,6-7H2,1-3H3,(H,18,19);1H. The molecule has 2 unspecified atom stereocenters. The predicted octanol–water partition coefficient (Wildman–Crippen LogP) is 1.81. The minimum absolute atomic E-state index is 0. The highest BCUT2D eigenvalue weighted by atomic mass is 35.5. The first kappa shape index (κ1) is 21.4. The number of rotatable bonds is 5. The van der Waals surface area contributed by atoms with E-state index in [-0.39, 0.29) is 22.9 Å². The van der Waals surface area contributed by atoms with Crippen molar-refractivity contribution in [2.45, 2.75) is 36.5 Å². The lowest BCUT2D eigenvalue weighted by Gasteiger charge is -2.21. The molecule has 0 amide bonds. The van der Waals surface area contributed by atoms with Crippen molar-refractivity contribution in [1.82, 2.24) is 5.32 Å². The number of ether oxygens (including phenoxy) is 1. The Morgan fingerprint density at radius 3 is 2.48 bits per heavy atom. The molecule has 2 N–H and O–H groups in total. The summed E-state index contributed by atoms with van der Waals surface area (Å²) in [4.78, 5) is 23.3. The van der Waals surface area contributed by atoms with E-state index in [4.69, 9.17) is 0 Å². The largest absolute Gasteiger partial charge is 0.481 e. The van der Waals surface area contributed by atoms with Crippen molar-refractivity contribution in [3.05, 3.63) is 29.3 Å². The van der Waals surface area contributed by atoms with Gasteiger partial charge in [0.15, 0.2) is 9.84 Å². The van der Waals surface area contributed by atoms with Gasteiger partial charge in [-0.05, 0) is 50.6 Å². The number of carboxylic acids is 1. The Labute approximate surface area is 153 Å². The Morgan fingerprint density at radius 1 is 1.32 bits per heavy atom. The van der Waals surface area contributed by atoms with E-state index in [2.05, 4.69) is 10.1 Å². The fraction of sp³-hybridized carbons (Fsp3) is 0.500. The molecule has 7 nitrogen and oxygen atoms in total. The van der Waals surface area contributed by atoms with Gasteiger partial charge in [-0.3, -0.25) is 4.79 Å². The molecule has 0 aromatic heterocycles. The quantitative estimate of drug-likeness (QED) is 0.736. The Hall–Kier alpha value is -1.64. The Morgan fingerprint density at radius 2 is 1.96 bits per heavy atom. The van der Waals surface area contributed by atoms with Crippen LogP contribution >= 0.6 is 12.4 Å². The van der Waals surface area contributed by atoms with E-state index in [0.717, 1.165) is 0 Å². The number of benzene rings is 1. The van der Waals surface area contributed by atoms with Gasteiger partial charge in [-0.15, -0.1) is 12.4 Å². The zero-order valence-electron chi connectivity index (χ0n) is 14.2. The number of carbonyl (C=O) groups excluding carboxylic acids is 1. The van der Waals surface area contributed by atoms with Crippen LogP contribution in [0.5, 0.6) is 0 Å². The number of hydrogen-bond acceptors (Lipinski definition) is 6. The number of carboxylic acid groups (broad SMARTS) is 1. The number of halogens is 1. The lowest BCUT2D eigenvalue weighted by molar-refractivity contribution is -0.142. The highest BCUT2D eigenvalue weighted by Gasteiger charge is 2.37. The van der Waals surface area contributed by atoms with E-state index >= 15 is 0 Å². The molecule has 1 aliphatic rings. The maximum absolute atomic E-state index is 12.6. The molecule has 0 saturated carbocycles. The van der Waals surface area contributed by atoms with Crippen LogP contribution in [-0.2, 0) is 19.4 Å². The molecule has 140 valence electrons. The average Bonchev–Trinajstić information content (AvgIpc) is 3.03. The van der Waals surface area contributed by atoms with E-state index < -0.39 is 39.0 Å². The molecule has 1 aromatic rings. The first-order valence-corrected chi connectivity index (χ1v) is 9.17. The maximum Gasteiger partial charge on any atom is 0.337 e. The van der Waals surface area contributed by atoms with Crippen molar-refractivity contribution >= 4 is 34.2 Å². The molecule has 0 radical (unpaired) electrons. The summed E-state index contributed by atoms with van der Waals surface area (Å²) in [6.07, 6.45) is 0.392. The van der Waals surface area contributed by atoms with Gasteiger partial charge in [0.2, 0.25) is 0 Å². The van der Waals surface area contributed by atoms with Crippen LogP contribution in [0.4, 0.5) is 0 Å². The molecule has 1 aliphatic heterocycles. The minimum atomic E-state index is -3.63. The highest BCUT2D eigenvalue weighted by Crippen LogP contribution is 2.35. The van der Waals surface area contributed by atoms with Crippen molar-refractivity contribution in [2.75, 3.05) is 13.7 Å². The van der Waals surface area contributed by atoms with Gasteiger partial charge in [-0.1, -0.05) is 0 Å². The third kappa shape index (κ3) is 4.13. The number of methoxy groups -OCH3 is 1. The molecule has 1 aromatic carbocycles. The summed E-state index contributed by atoms with van der Waals surface area (Å²) in [6.45, 7) is 3.58. The van der Waals surface area contributed by atoms with Crippen LogP contribution in [0, 0.1) is 5.92 Å². The van der Waals surface area contributed by atoms with Crippen molar-refractivity contribution in [3.8, 4) is 0 Å². The molecule has 0 spiro atoms. The number of nitrogens with one attached hydrogen (secondary N) is 1. The third-order valence-electron chi connectivity index (χ3n) is 4.23. The molecule has 9 heteroatoms. The topological polar surface area (TPSA) is 110 Å². The van der Waals surface area contributed by atoms with Crippen LogP contribution in [0.2, 0.25) is 0 Å². The van der Waals surface area contributed by atoms with Gasteiger partial charge >= 0.3 is 11.9 Å². The second kappa shape index (κ2) is 8.16.